The van der Waals surface area contributed by atoms with Crippen molar-refractivity contribution < 1.29 is 0 Å². The molecule has 1 aromatic rings. The Morgan fingerprint density at radius 3 is 2.64 bits per heavy atom. The second-order valence-corrected chi connectivity index (χ2v) is 3.42. The molecule has 14 heavy (non-hydrogen) atoms. The second-order valence-electron chi connectivity index (χ2n) is 2.63. The molecular formula is C7H12N4NaS2. The third-order valence-electron chi connectivity index (χ3n) is 1.49. The fraction of sp³-hybridized carbons (Fsp3) is 0.571. The Morgan fingerprint density at radius 1 is 1.36 bits per heavy atom. The molecule has 0 unspecified atom stereocenters. The first-order valence-corrected chi connectivity index (χ1v) is 4.98. The van der Waals surface area contributed by atoms with Gasteiger partial charge in [-0.3, -0.25) is 0 Å². The SMILES string of the molecule is CCCCNc1nc(=S)[nH]c(=S)[nH]1.[Na]. The monoisotopic (exact) mass is 239 g/mol. The van der Waals surface area contributed by atoms with Crippen LogP contribution in [0.3, 0.4) is 0 Å². The van der Waals surface area contributed by atoms with Crippen molar-refractivity contribution in [2.45, 2.75) is 19.8 Å². The molecule has 0 saturated heterocycles. The van der Waals surface area contributed by atoms with Gasteiger partial charge in [0.1, 0.15) is 0 Å². The molecule has 0 spiro atoms. The van der Waals surface area contributed by atoms with Crippen LogP contribution in [0, 0.1) is 9.54 Å². The van der Waals surface area contributed by atoms with Crippen LogP contribution in [0.25, 0.3) is 0 Å². The van der Waals surface area contributed by atoms with Crippen molar-refractivity contribution in [2.24, 2.45) is 0 Å². The van der Waals surface area contributed by atoms with Gasteiger partial charge in [-0.2, -0.15) is 4.98 Å². The average Bonchev–Trinajstić information content (AvgIpc) is 2.03. The van der Waals surface area contributed by atoms with E-state index >= 15 is 0 Å². The number of aromatic amines is 2. The molecule has 0 aliphatic heterocycles. The first-order valence-electron chi connectivity index (χ1n) is 4.17. The van der Waals surface area contributed by atoms with E-state index in [9.17, 15) is 0 Å². The van der Waals surface area contributed by atoms with Crippen LogP contribution in [-0.2, 0) is 0 Å². The molecule has 7 heteroatoms. The molecule has 0 bridgehead atoms. The van der Waals surface area contributed by atoms with Gasteiger partial charge in [-0.05, 0) is 30.9 Å². The van der Waals surface area contributed by atoms with E-state index in [0.717, 1.165) is 19.4 Å². The maximum Gasteiger partial charge on any atom is 0.205 e. The largest absolute Gasteiger partial charge is 0.356 e. The predicted octanol–water partition coefficient (Wildman–Crippen LogP) is 2.03. The number of H-pyrrole nitrogens is 2. The number of rotatable bonds is 4. The van der Waals surface area contributed by atoms with E-state index in [-0.39, 0.29) is 29.6 Å². The van der Waals surface area contributed by atoms with Gasteiger partial charge in [-0.15, -0.1) is 0 Å². The van der Waals surface area contributed by atoms with Crippen molar-refractivity contribution in [2.75, 3.05) is 11.9 Å². The van der Waals surface area contributed by atoms with Crippen molar-refractivity contribution in [1.82, 2.24) is 15.0 Å². The Hall–Kier alpha value is 0.250. The third-order valence-corrected chi connectivity index (χ3v) is 1.89. The van der Waals surface area contributed by atoms with E-state index in [1.807, 2.05) is 0 Å². The van der Waals surface area contributed by atoms with Gasteiger partial charge in [0.15, 0.2) is 4.77 Å². The molecule has 3 N–H and O–H groups in total. The summed E-state index contributed by atoms with van der Waals surface area (Å²) in [6, 6.07) is 0. The van der Waals surface area contributed by atoms with E-state index in [1.54, 1.807) is 0 Å². The number of nitrogens with zero attached hydrogens (tertiary/aromatic N) is 1. The Kier molecular flexibility index (Phi) is 7.66. The van der Waals surface area contributed by atoms with Gasteiger partial charge in [0.25, 0.3) is 0 Å². The van der Waals surface area contributed by atoms with Crippen LogP contribution in [-0.4, -0.2) is 51.1 Å². The fourth-order valence-corrected chi connectivity index (χ4v) is 1.31. The predicted molar refractivity (Wildman–Crippen MR) is 63.8 cm³/mol. The molecule has 0 amide bonds. The van der Waals surface area contributed by atoms with Crippen molar-refractivity contribution >= 4 is 59.9 Å². The fourth-order valence-electron chi connectivity index (χ4n) is 0.861. The molecule has 1 aromatic heterocycles. The topological polar surface area (TPSA) is 56.5 Å². The van der Waals surface area contributed by atoms with Gasteiger partial charge in [-0.1, -0.05) is 13.3 Å². The summed E-state index contributed by atoms with van der Waals surface area (Å²) in [5.74, 6) is 0.641. The van der Waals surface area contributed by atoms with Crippen LogP contribution in [0.15, 0.2) is 0 Å². The Labute approximate surface area is 115 Å². The summed E-state index contributed by atoms with van der Waals surface area (Å²) in [6.07, 6.45) is 2.25. The summed E-state index contributed by atoms with van der Waals surface area (Å²) in [6.45, 7) is 3.02. The normalized spacial score (nSPS) is 9.21. The zero-order valence-corrected chi connectivity index (χ0v) is 12.0. The molecule has 0 atom stereocenters. The second kappa shape index (κ2) is 7.53. The number of nitrogens with one attached hydrogen (secondary N) is 3. The van der Waals surface area contributed by atoms with Gasteiger partial charge >= 0.3 is 0 Å². The summed E-state index contributed by atoms with van der Waals surface area (Å²) >= 11 is 9.78. The quantitative estimate of drug-likeness (QED) is 0.427. The summed E-state index contributed by atoms with van der Waals surface area (Å²) in [7, 11) is 0. The standard InChI is InChI=1S/C7H12N4S2.Na/c1-2-3-4-8-5-9-6(12)11-7(13)10-5;/h2-4H2,1H3,(H3,8,9,10,11,12,13);. The van der Waals surface area contributed by atoms with Gasteiger partial charge in [0.05, 0.1) is 0 Å². The molecule has 4 nitrogen and oxygen atoms in total. The van der Waals surface area contributed by atoms with Crippen LogP contribution in [0.2, 0.25) is 0 Å². The van der Waals surface area contributed by atoms with Crippen LogP contribution < -0.4 is 5.32 Å². The molecule has 0 fully saturated rings. The minimum Gasteiger partial charge on any atom is -0.356 e. The molecule has 1 radical (unpaired) electrons. The maximum atomic E-state index is 4.91. The maximum absolute atomic E-state index is 4.91. The number of hydrogen-bond donors (Lipinski definition) is 3. The van der Waals surface area contributed by atoms with Gasteiger partial charge < -0.3 is 15.3 Å². The number of unbranched alkanes of at least 4 members (excludes halogenated alkanes) is 1. The Bertz CT molecular complexity index is 344. The minimum absolute atomic E-state index is 0. The van der Waals surface area contributed by atoms with Crippen molar-refractivity contribution in [3.8, 4) is 0 Å². The summed E-state index contributed by atoms with van der Waals surface area (Å²) in [4.78, 5) is 9.63. The molecule has 0 aliphatic carbocycles. The van der Waals surface area contributed by atoms with Crippen LogP contribution in [0.4, 0.5) is 5.95 Å². The molecule has 73 valence electrons. The zero-order chi connectivity index (χ0) is 9.68. The smallest absolute Gasteiger partial charge is 0.205 e. The zero-order valence-electron chi connectivity index (χ0n) is 8.39. The van der Waals surface area contributed by atoms with E-state index in [2.05, 4.69) is 27.2 Å². The molecular weight excluding hydrogens is 227 g/mol. The van der Waals surface area contributed by atoms with E-state index in [4.69, 9.17) is 24.4 Å². The summed E-state index contributed by atoms with van der Waals surface area (Å²) < 4.78 is 0.904. The summed E-state index contributed by atoms with van der Waals surface area (Å²) in [5, 5.41) is 3.11. The van der Waals surface area contributed by atoms with Crippen LogP contribution >= 0.6 is 24.4 Å². The van der Waals surface area contributed by atoms with Gasteiger partial charge in [0, 0.05) is 36.1 Å². The van der Waals surface area contributed by atoms with Crippen LogP contribution in [0.5, 0.6) is 0 Å². The Morgan fingerprint density at radius 2 is 2.07 bits per heavy atom. The average molecular weight is 239 g/mol. The first-order chi connectivity index (χ1) is 6.22. The molecule has 0 aromatic carbocycles. The Balaban J connectivity index is 0.00000169. The van der Waals surface area contributed by atoms with Gasteiger partial charge in [-0.25, -0.2) is 0 Å². The van der Waals surface area contributed by atoms with Crippen molar-refractivity contribution in [1.29, 1.82) is 0 Å². The molecule has 1 rings (SSSR count). The van der Waals surface area contributed by atoms with Crippen LogP contribution in [0.1, 0.15) is 19.8 Å². The molecule has 1 heterocycles. The molecule has 0 saturated carbocycles. The first kappa shape index (κ1) is 14.2. The third kappa shape index (κ3) is 5.21. The minimum atomic E-state index is 0. The number of anilines is 1. The van der Waals surface area contributed by atoms with E-state index in [1.165, 1.54) is 0 Å². The van der Waals surface area contributed by atoms with E-state index < -0.39 is 0 Å². The summed E-state index contributed by atoms with van der Waals surface area (Å²) in [5.41, 5.74) is 0. The molecule has 0 aliphatic rings. The number of aromatic nitrogens is 3. The van der Waals surface area contributed by atoms with E-state index in [0.29, 0.717) is 15.5 Å². The van der Waals surface area contributed by atoms with Gasteiger partial charge in [0.2, 0.25) is 10.7 Å². The van der Waals surface area contributed by atoms with Crippen molar-refractivity contribution in [3.05, 3.63) is 9.54 Å². The van der Waals surface area contributed by atoms with Crippen molar-refractivity contribution in [3.63, 3.8) is 0 Å². The number of hydrogen-bond acceptors (Lipinski definition) is 4.